The Bertz CT molecular complexity index is 467. The van der Waals surface area contributed by atoms with Crippen molar-refractivity contribution < 1.29 is 9.53 Å². The lowest BCUT2D eigenvalue weighted by Crippen LogP contribution is -2.17. The van der Waals surface area contributed by atoms with Gasteiger partial charge in [0.25, 0.3) is 12.0 Å². The molecule has 0 saturated heterocycles. The summed E-state index contributed by atoms with van der Waals surface area (Å²) in [6.45, 7) is 12.9. The molecule has 0 aliphatic heterocycles. The fourth-order valence-corrected chi connectivity index (χ4v) is 2.10. The van der Waals surface area contributed by atoms with E-state index in [0.29, 0.717) is 6.47 Å². The zero-order valence-electron chi connectivity index (χ0n) is 14.3. The summed E-state index contributed by atoms with van der Waals surface area (Å²) in [6, 6.07) is 0. The first-order valence-corrected chi connectivity index (χ1v) is 7.81. The average molecular weight is 298 g/mol. The molecule has 1 aliphatic carbocycles. The lowest BCUT2D eigenvalue weighted by atomic mass is 9.98. The van der Waals surface area contributed by atoms with Crippen LogP contribution in [0.3, 0.4) is 0 Å². The molecule has 0 unspecified atom stereocenters. The van der Waals surface area contributed by atoms with Gasteiger partial charge in [-0.2, -0.15) is 0 Å². The third-order valence-corrected chi connectivity index (χ3v) is 2.99. The van der Waals surface area contributed by atoms with E-state index in [1.807, 2.05) is 39.3 Å². The number of rotatable bonds is 2. The molecule has 0 atom stereocenters. The number of ether oxygens (including phenoxy) is 1. The summed E-state index contributed by atoms with van der Waals surface area (Å²) in [4.78, 5) is 21.0. The summed E-state index contributed by atoms with van der Waals surface area (Å²) in [6.07, 6.45) is 4.44. The molecule has 0 fully saturated rings. The highest BCUT2D eigenvalue weighted by Gasteiger charge is 2.16. The maximum absolute atomic E-state index is 11.4. The number of hydrogen-bond donors (Lipinski definition) is 1. The van der Waals surface area contributed by atoms with Crippen LogP contribution in [0.1, 0.15) is 65.6 Å². The summed E-state index contributed by atoms with van der Waals surface area (Å²) < 4.78 is 6.53. The standard InChI is InChI=1S/C9H14N2O.C5H10O2.C2H6/c1-2-11-8-6-4-3-5-7(8)9(12)10-11;1-5(2,3)7-4-6;1-2/h2-6H2,1H3,(H,10,12);4H,1-3H3;1-2H3. The van der Waals surface area contributed by atoms with Gasteiger partial charge in [0.05, 0.1) is 0 Å². The smallest absolute Gasteiger partial charge is 0.293 e. The fourth-order valence-electron chi connectivity index (χ4n) is 2.10. The molecule has 0 radical (unpaired) electrons. The second-order valence-electron chi connectivity index (χ2n) is 5.64. The summed E-state index contributed by atoms with van der Waals surface area (Å²) >= 11 is 0. The Morgan fingerprint density at radius 1 is 1.24 bits per heavy atom. The third kappa shape index (κ3) is 6.65. The van der Waals surface area contributed by atoms with Crippen LogP contribution >= 0.6 is 0 Å². The Labute approximate surface area is 127 Å². The summed E-state index contributed by atoms with van der Waals surface area (Å²) in [5, 5.41) is 2.87. The minimum absolute atomic E-state index is 0.131. The van der Waals surface area contributed by atoms with E-state index < -0.39 is 0 Å². The number of hydrogen-bond acceptors (Lipinski definition) is 3. The van der Waals surface area contributed by atoms with Crippen LogP contribution in [-0.2, 0) is 28.9 Å². The fraction of sp³-hybridized carbons (Fsp3) is 0.750. The average Bonchev–Trinajstić information content (AvgIpc) is 2.78. The number of nitrogens with zero attached hydrogens (tertiary/aromatic N) is 1. The normalized spacial score (nSPS) is 13.0. The van der Waals surface area contributed by atoms with Crippen LogP contribution in [0.4, 0.5) is 0 Å². The van der Waals surface area contributed by atoms with Crippen molar-refractivity contribution in [3.05, 3.63) is 21.6 Å². The van der Waals surface area contributed by atoms with Gasteiger partial charge in [-0.25, -0.2) is 0 Å². The monoisotopic (exact) mass is 298 g/mol. The summed E-state index contributed by atoms with van der Waals surface area (Å²) in [7, 11) is 0. The molecule has 0 aromatic carbocycles. The van der Waals surface area contributed by atoms with Gasteiger partial charge < -0.3 is 4.74 Å². The van der Waals surface area contributed by atoms with Gasteiger partial charge in [-0.1, -0.05) is 13.8 Å². The molecule has 0 amide bonds. The van der Waals surface area contributed by atoms with E-state index in [0.717, 1.165) is 24.9 Å². The topological polar surface area (TPSA) is 64.1 Å². The van der Waals surface area contributed by atoms with Gasteiger partial charge in [0.15, 0.2) is 0 Å². The highest BCUT2D eigenvalue weighted by atomic mass is 16.5. The first-order chi connectivity index (χ1) is 9.89. The van der Waals surface area contributed by atoms with Crippen molar-refractivity contribution >= 4 is 6.47 Å². The number of H-pyrrole nitrogens is 1. The van der Waals surface area contributed by atoms with Gasteiger partial charge >= 0.3 is 0 Å². The van der Waals surface area contributed by atoms with Crippen molar-refractivity contribution in [2.24, 2.45) is 0 Å². The first-order valence-electron chi connectivity index (χ1n) is 7.81. The molecule has 1 aromatic heterocycles. The van der Waals surface area contributed by atoms with E-state index >= 15 is 0 Å². The Hall–Kier alpha value is -1.52. The van der Waals surface area contributed by atoms with E-state index in [-0.39, 0.29) is 11.2 Å². The quantitative estimate of drug-likeness (QED) is 0.853. The lowest BCUT2D eigenvalue weighted by Gasteiger charge is -2.14. The molecule has 1 heterocycles. The Kier molecular flexibility index (Phi) is 8.74. The highest BCUT2D eigenvalue weighted by Crippen LogP contribution is 2.17. The number of fused-ring (bicyclic) bond motifs is 1. The summed E-state index contributed by atoms with van der Waals surface area (Å²) in [5.74, 6) is 0. The molecule has 1 N–H and O–H groups in total. The van der Waals surface area contributed by atoms with Crippen LogP contribution in [0.5, 0.6) is 0 Å². The van der Waals surface area contributed by atoms with Crippen LogP contribution in [-0.4, -0.2) is 21.9 Å². The van der Waals surface area contributed by atoms with E-state index in [1.165, 1.54) is 18.5 Å². The molecule has 0 spiro atoms. The number of aromatic amines is 1. The van der Waals surface area contributed by atoms with Crippen LogP contribution in [0.25, 0.3) is 0 Å². The third-order valence-electron chi connectivity index (χ3n) is 2.99. The van der Waals surface area contributed by atoms with Gasteiger partial charge in [0.2, 0.25) is 0 Å². The van der Waals surface area contributed by atoms with Gasteiger partial charge in [0.1, 0.15) is 5.60 Å². The lowest BCUT2D eigenvalue weighted by molar-refractivity contribution is -0.138. The zero-order valence-corrected chi connectivity index (χ0v) is 14.3. The van der Waals surface area contributed by atoms with Crippen molar-refractivity contribution in [1.29, 1.82) is 0 Å². The van der Waals surface area contributed by atoms with Crippen molar-refractivity contribution in [3.63, 3.8) is 0 Å². The van der Waals surface area contributed by atoms with Gasteiger partial charge in [-0.05, 0) is 53.4 Å². The molecular weight excluding hydrogens is 268 g/mol. The molecule has 122 valence electrons. The predicted octanol–water partition coefficient (Wildman–Crippen LogP) is 3.06. The largest absolute Gasteiger partial charge is 0.462 e. The number of carbonyl (C=O) groups excluding carboxylic acids is 1. The van der Waals surface area contributed by atoms with E-state index in [9.17, 15) is 9.59 Å². The number of nitrogens with one attached hydrogen (secondary N) is 1. The summed E-state index contributed by atoms with van der Waals surface area (Å²) in [5.41, 5.74) is 2.09. The maximum Gasteiger partial charge on any atom is 0.293 e. The Balaban J connectivity index is 0.000000385. The zero-order chi connectivity index (χ0) is 16.5. The SMILES string of the molecule is CC.CC(C)(C)OC=O.CCn1[nH]c(=O)c2c1CCCC2. The molecular formula is C16H30N2O3. The highest BCUT2D eigenvalue weighted by molar-refractivity contribution is 5.37. The van der Waals surface area contributed by atoms with Crippen molar-refractivity contribution in [2.45, 2.75) is 79.4 Å². The van der Waals surface area contributed by atoms with Crippen LogP contribution in [0.15, 0.2) is 4.79 Å². The predicted molar refractivity (Wildman–Crippen MR) is 85.6 cm³/mol. The molecule has 0 saturated carbocycles. The molecule has 1 aromatic rings. The molecule has 5 nitrogen and oxygen atoms in total. The molecule has 0 bridgehead atoms. The second kappa shape index (κ2) is 9.42. The number of carbonyl (C=O) groups is 1. The van der Waals surface area contributed by atoms with Crippen LogP contribution in [0.2, 0.25) is 0 Å². The van der Waals surface area contributed by atoms with Gasteiger partial charge in [-0.3, -0.25) is 19.4 Å². The van der Waals surface area contributed by atoms with Crippen molar-refractivity contribution in [2.75, 3.05) is 0 Å². The first kappa shape index (κ1) is 19.5. The van der Waals surface area contributed by atoms with Crippen molar-refractivity contribution in [3.8, 4) is 0 Å². The maximum atomic E-state index is 11.4. The minimum Gasteiger partial charge on any atom is -0.462 e. The molecule has 2 rings (SSSR count). The van der Waals surface area contributed by atoms with Gasteiger partial charge in [0, 0.05) is 17.8 Å². The van der Waals surface area contributed by atoms with Crippen molar-refractivity contribution in [1.82, 2.24) is 9.78 Å². The molecule has 5 heteroatoms. The Morgan fingerprint density at radius 3 is 2.24 bits per heavy atom. The molecule has 1 aliphatic rings. The minimum atomic E-state index is -0.318. The Morgan fingerprint density at radius 2 is 1.81 bits per heavy atom. The van der Waals surface area contributed by atoms with Crippen LogP contribution in [0, 0.1) is 0 Å². The second-order valence-corrected chi connectivity index (χ2v) is 5.64. The van der Waals surface area contributed by atoms with Gasteiger partial charge in [-0.15, -0.1) is 0 Å². The number of aryl methyl sites for hydroxylation is 1. The van der Waals surface area contributed by atoms with E-state index in [4.69, 9.17) is 0 Å². The van der Waals surface area contributed by atoms with E-state index in [2.05, 4.69) is 16.8 Å². The van der Waals surface area contributed by atoms with Crippen LogP contribution < -0.4 is 5.56 Å². The number of aromatic nitrogens is 2. The van der Waals surface area contributed by atoms with E-state index in [1.54, 1.807) is 0 Å². The molecule has 21 heavy (non-hydrogen) atoms.